The predicted molar refractivity (Wildman–Crippen MR) is 219 cm³/mol. The maximum atomic E-state index is 12.7. The van der Waals surface area contributed by atoms with E-state index in [0.717, 1.165) is 70.6 Å². The molecule has 0 N–H and O–H groups in total. The Kier molecular flexibility index (Phi) is 39.5. The van der Waals surface area contributed by atoms with Gasteiger partial charge in [0.2, 0.25) is 0 Å². The highest BCUT2D eigenvalue weighted by Crippen LogP contribution is 2.14. The molecule has 0 rings (SSSR count). The molecule has 0 aromatic rings. The number of allylic oxidation sites excluding steroid dienone is 6. The summed E-state index contributed by atoms with van der Waals surface area (Å²) in [7, 11) is 0. The van der Waals surface area contributed by atoms with Crippen molar-refractivity contribution in [3.05, 3.63) is 36.5 Å². The number of esters is 3. The van der Waals surface area contributed by atoms with Crippen LogP contribution in [-0.2, 0) is 28.6 Å². The maximum Gasteiger partial charge on any atom is 0.306 e. The summed E-state index contributed by atoms with van der Waals surface area (Å²) in [4.78, 5) is 37.6. The molecular formula is C46H82O6. The van der Waals surface area contributed by atoms with Crippen LogP contribution >= 0.6 is 0 Å². The van der Waals surface area contributed by atoms with Crippen molar-refractivity contribution in [2.45, 2.75) is 226 Å². The number of carbonyl (C=O) groups excluding carboxylic acids is 3. The van der Waals surface area contributed by atoms with Crippen molar-refractivity contribution in [3.8, 4) is 0 Å². The van der Waals surface area contributed by atoms with E-state index in [1.165, 1.54) is 103 Å². The second-order valence-corrected chi connectivity index (χ2v) is 14.6. The summed E-state index contributed by atoms with van der Waals surface area (Å²) in [6, 6.07) is 0. The maximum absolute atomic E-state index is 12.7. The standard InChI is InChI=1S/C46H82O6/c1-4-7-10-13-16-19-21-23-25-27-30-33-36-39-45(48)51-42-43(41-50-44(47)38-35-32-29-26-18-15-12-9-6-3)52-46(49)40-37-34-31-28-24-22-20-17-14-11-8-5-2/h8,11,17,20,24,28,43H,4-7,9-10,12-16,18-19,21-23,25-27,29-42H2,1-3H3/b11-8-,20-17-,28-24-. The van der Waals surface area contributed by atoms with Crippen molar-refractivity contribution in [2.75, 3.05) is 13.2 Å². The van der Waals surface area contributed by atoms with E-state index in [0.29, 0.717) is 19.3 Å². The first-order valence-electron chi connectivity index (χ1n) is 22.0. The Balaban J connectivity index is 4.40. The zero-order valence-corrected chi connectivity index (χ0v) is 34.3. The van der Waals surface area contributed by atoms with Crippen LogP contribution in [0.3, 0.4) is 0 Å². The predicted octanol–water partition coefficient (Wildman–Crippen LogP) is 13.8. The molecule has 0 radical (unpaired) electrons. The van der Waals surface area contributed by atoms with Crippen LogP contribution in [0.4, 0.5) is 0 Å². The lowest BCUT2D eigenvalue weighted by Crippen LogP contribution is -2.30. The van der Waals surface area contributed by atoms with Gasteiger partial charge in [-0.3, -0.25) is 14.4 Å². The van der Waals surface area contributed by atoms with Gasteiger partial charge >= 0.3 is 17.9 Å². The van der Waals surface area contributed by atoms with Crippen LogP contribution in [0.25, 0.3) is 0 Å². The first-order valence-corrected chi connectivity index (χ1v) is 22.0. The summed E-state index contributed by atoms with van der Waals surface area (Å²) in [6.45, 7) is 6.46. The Hall–Kier alpha value is -2.37. The average Bonchev–Trinajstić information content (AvgIpc) is 3.14. The van der Waals surface area contributed by atoms with E-state index in [4.69, 9.17) is 14.2 Å². The molecule has 0 fully saturated rings. The number of carbonyl (C=O) groups is 3. The summed E-state index contributed by atoms with van der Waals surface area (Å²) in [5, 5.41) is 0. The summed E-state index contributed by atoms with van der Waals surface area (Å²) < 4.78 is 16.6. The Bertz CT molecular complexity index is 891. The van der Waals surface area contributed by atoms with E-state index < -0.39 is 6.10 Å². The van der Waals surface area contributed by atoms with Crippen LogP contribution in [-0.4, -0.2) is 37.2 Å². The normalized spacial score (nSPS) is 12.3. The summed E-state index contributed by atoms with van der Waals surface area (Å²) in [5.41, 5.74) is 0. The molecule has 0 heterocycles. The fourth-order valence-corrected chi connectivity index (χ4v) is 6.10. The molecule has 0 aromatic carbocycles. The van der Waals surface area contributed by atoms with Gasteiger partial charge in [0.1, 0.15) is 13.2 Å². The summed E-state index contributed by atoms with van der Waals surface area (Å²) in [5.74, 6) is -0.926. The molecule has 0 aliphatic heterocycles. The first-order chi connectivity index (χ1) is 25.5. The average molecular weight is 731 g/mol. The van der Waals surface area contributed by atoms with E-state index in [9.17, 15) is 14.4 Å². The van der Waals surface area contributed by atoms with E-state index >= 15 is 0 Å². The largest absolute Gasteiger partial charge is 0.462 e. The Labute approximate surface area is 321 Å². The lowest BCUT2D eigenvalue weighted by atomic mass is 10.0. The monoisotopic (exact) mass is 731 g/mol. The number of ether oxygens (including phenoxy) is 3. The fraction of sp³-hybridized carbons (Fsp3) is 0.804. The highest BCUT2D eigenvalue weighted by atomic mass is 16.6. The molecule has 0 aliphatic rings. The van der Waals surface area contributed by atoms with Crippen molar-refractivity contribution in [2.24, 2.45) is 0 Å². The summed E-state index contributed by atoms with van der Waals surface area (Å²) >= 11 is 0. The van der Waals surface area contributed by atoms with Crippen LogP contribution in [0.1, 0.15) is 220 Å². The Morgan fingerprint density at radius 1 is 0.404 bits per heavy atom. The number of rotatable bonds is 39. The molecule has 0 aromatic heterocycles. The van der Waals surface area contributed by atoms with Crippen molar-refractivity contribution in [1.29, 1.82) is 0 Å². The highest BCUT2D eigenvalue weighted by molar-refractivity contribution is 5.71. The lowest BCUT2D eigenvalue weighted by Gasteiger charge is -2.18. The third kappa shape index (κ3) is 38.9. The van der Waals surface area contributed by atoms with E-state index in [2.05, 4.69) is 57.2 Å². The van der Waals surface area contributed by atoms with E-state index in [1.54, 1.807) is 0 Å². The quantitative estimate of drug-likeness (QED) is 0.0271. The third-order valence-electron chi connectivity index (χ3n) is 9.41. The van der Waals surface area contributed by atoms with Crippen molar-refractivity contribution < 1.29 is 28.6 Å². The molecular weight excluding hydrogens is 648 g/mol. The van der Waals surface area contributed by atoms with Gasteiger partial charge in [-0.25, -0.2) is 0 Å². The second kappa shape index (κ2) is 41.4. The van der Waals surface area contributed by atoms with Gasteiger partial charge in [-0.1, -0.05) is 186 Å². The van der Waals surface area contributed by atoms with Crippen LogP contribution in [0.15, 0.2) is 36.5 Å². The second-order valence-electron chi connectivity index (χ2n) is 14.6. The minimum atomic E-state index is -0.783. The number of unbranched alkanes of at least 4 members (excludes halogenated alkanes) is 22. The van der Waals surface area contributed by atoms with Gasteiger partial charge in [-0.2, -0.15) is 0 Å². The van der Waals surface area contributed by atoms with Crippen molar-refractivity contribution in [3.63, 3.8) is 0 Å². The van der Waals surface area contributed by atoms with Crippen molar-refractivity contribution in [1.82, 2.24) is 0 Å². The Morgan fingerprint density at radius 3 is 1.17 bits per heavy atom. The molecule has 0 spiro atoms. The Morgan fingerprint density at radius 2 is 0.750 bits per heavy atom. The van der Waals surface area contributed by atoms with Gasteiger partial charge in [-0.05, 0) is 51.4 Å². The minimum absolute atomic E-state index is 0.0845. The fourth-order valence-electron chi connectivity index (χ4n) is 6.10. The van der Waals surface area contributed by atoms with Crippen LogP contribution in [0, 0.1) is 0 Å². The summed E-state index contributed by atoms with van der Waals surface area (Å²) in [6.07, 6.45) is 45.6. The van der Waals surface area contributed by atoms with Crippen LogP contribution < -0.4 is 0 Å². The van der Waals surface area contributed by atoms with Crippen LogP contribution in [0.2, 0.25) is 0 Å². The zero-order chi connectivity index (χ0) is 38.0. The SMILES string of the molecule is CC/C=C\C/C=C\C/C=C\CCCCC(=O)OC(COC(=O)CCCCCCCCCCC)COC(=O)CCCCCCCCCCCCCCC. The molecule has 1 atom stereocenters. The molecule has 302 valence electrons. The minimum Gasteiger partial charge on any atom is -0.462 e. The number of hydrogen-bond donors (Lipinski definition) is 0. The molecule has 0 aliphatic carbocycles. The molecule has 1 unspecified atom stereocenters. The van der Waals surface area contributed by atoms with Gasteiger partial charge < -0.3 is 14.2 Å². The number of hydrogen-bond acceptors (Lipinski definition) is 6. The van der Waals surface area contributed by atoms with Crippen molar-refractivity contribution >= 4 is 17.9 Å². The van der Waals surface area contributed by atoms with Gasteiger partial charge in [0.25, 0.3) is 0 Å². The van der Waals surface area contributed by atoms with Gasteiger partial charge in [0.05, 0.1) is 0 Å². The molecule has 6 heteroatoms. The van der Waals surface area contributed by atoms with Gasteiger partial charge in [0.15, 0.2) is 6.10 Å². The third-order valence-corrected chi connectivity index (χ3v) is 9.41. The molecule has 0 amide bonds. The van der Waals surface area contributed by atoms with Crippen LogP contribution in [0.5, 0.6) is 0 Å². The van der Waals surface area contributed by atoms with E-state index in [1.807, 2.05) is 0 Å². The van der Waals surface area contributed by atoms with Gasteiger partial charge in [0, 0.05) is 19.3 Å². The highest BCUT2D eigenvalue weighted by Gasteiger charge is 2.19. The first kappa shape index (κ1) is 49.6. The zero-order valence-electron chi connectivity index (χ0n) is 34.3. The molecule has 0 saturated heterocycles. The molecule has 0 bridgehead atoms. The topological polar surface area (TPSA) is 78.9 Å². The molecule has 0 saturated carbocycles. The van der Waals surface area contributed by atoms with E-state index in [-0.39, 0.29) is 37.5 Å². The molecule has 6 nitrogen and oxygen atoms in total. The smallest absolute Gasteiger partial charge is 0.306 e. The van der Waals surface area contributed by atoms with Gasteiger partial charge in [-0.15, -0.1) is 0 Å². The lowest BCUT2D eigenvalue weighted by molar-refractivity contribution is -0.167. The molecule has 52 heavy (non-hydrogen) atoms.